The lowest BCUT2D eigenvalue weighted by molar-refractivity contribution is -0.135. The fraction of sp³-hybridized carbons (Fsp3) is 0.519. The predicted molar refractivity (Wildman–Crippen MR) is 127 cm³/mol. The quantitative estimate of drug-likeness (QED) is 0.509. The van der Waals surface area contributed by atoms with Crippen molar-refractivity contribution in [3.05, 3.63) is 65.2 Å². The standard InChI is InChI=1S/C27H36F2N2O2/c1-18(2)13-31(27(32)19(3)4)16-22-15-30(14-20-9-10-25(28)26(29)11-20)17-24(22)21-7-6-8-23(12-21)33-5/h6-12,18-19,22,24H,13-17H2,1-5H3/t22-,24+/m0/s1. The lowest BCUT2D eigenvalue weighted by atomic mass is 9.88. The Morgan fingerprint density at radius 2 is 1.85 bits per heavy atom. The average Bonchev–Trinajstić information content (AvgIpc) is 3.17. The maximum Gasteiger partial charge on any atom is 0.225 e. The van der Waals surface area contributed by atoms with E-state index < -0.39 is 11.6 Å². The molecular weight excluding hydrogens is 422 g/mol. The molecule has 2 atom stereocenters. The van der Waals surface area contributed by atoms with Gasteiger partial charge in [0.05, 0.1) is 7.11 Å². The zero-order chi connectivity index (χ0) is 24.1. The molecule has 0 aliphatic carbocycles. The second kappa shape index (κ2) is 11.1. The molecule has 1 saturated heterocycles. The number of nitrogens with zero attached hydrogens (tertiary/aromatic N) is 2. The van der Waals surface area contributed by atoms with Gasteiger partial charge in [-0.25, -0.2) is 8.78 Å². The number of methoxy groups -OCH3 is 1. The van der Waals surface area contributed by atoms with Gasteiger partial charge in [-0.3, -0.25) is 9.69 Å². The lowest BCUT2D eigenvalue weighted by Crippen LogP contribution is -2.41. The molecule has 1 heterocycles. The number of carbonyl (C=O) groups excluding carboxylic acids is 1. The van der Waals surface area contributed by atoms with Crippen LogP contribution in [0.2, 0.25) is 0 Å². The van der Waals surface area contributed by atoms with Crippen molar-refractivity contribution in [2.45, 2.75) is 40.2 Å². The van der Waals surface area contributed by atoms with Gasteiger partial charge in [0.15, 0.2) is 11.6 Å². The lowest BCUT2D eigenvalue weighted by Gasteiger charge is -2.31. The molecule has 0 N–H and O–H groups in total. The molecule has 1 fully saturated rings. The zero-order valence-corrected chi connectivity index (χ0v) is 20.4. The average molecular weight is 459 g/mol. The fourth-order valence-corrected chi connectivity index (χ4v) is 4.76. The third kappa shape index (κ3) is 6.53. The van der Waals surface area contributed by atoms with Gasteiger partial charge in [0.25, 0.3) is 0 Å². The van der Waals surface area contributed by atoms with Crippen molar-refractivity contribution >= 4 is 5.91 Å². The normalized spacial score (nSPS) is 18.8. The molecule has 0 aromatic heterocycles. The molecule has 33 heavy (non-hydrogen) atoms. The van der Waals surface area contributed by atoms with Crippen LogP contribution in [0.3, 0.4) is 0 Å². The Balaban J connectivity index is 1.85. The summed E-state index contributed by atoms with van der Waals surface area (Å²) < 4.78 is 32.6. The Morgan fingerprint density at radius 3 is 2.48 bits per heavy atom. The number of hydrogen-bond acceptors (Lipinski definition) is 3. The van der Waals surface area contributed by atoms with Gasteiger partial charge in [-0.2, -0.15) is 0 Å². The SMILES string of the molecule is COc1cccc([C@H]2CN(Cc3ccc(F)c(F)c3)C[C@H]2CN(CC(C)C)C(=O)C(C)C)c1. The molecule has 1 aliphatic heterocycles. The minimum absolute atomic E-state index is 0.0567. The Kier molecular flexibility index (Phi) is 8.46. The third-order valence-corrected chi connectivity index (χ3v) is 6.27. The second-order valence-corrected chi connectivity index (χ2v) is 9.88. The van der Waals surface area contributed by atoms with Crippen molar-refractivity contribution in [1.82, 2.24) is 9.80 Å². The summed E-state index contributed by atoms with van der Waals surface area (Å²) in [5.74, 6) is 0.0852. The largest absolute Gasteiger partial charge is 0.497 e. The molecule has 1 amide bonds. The number of likely N-dealkylation sites (tertiary alicyclic amines) is 1. The summed E-state index contributed by atoms with van der Waals surface area (Å²) >= 11 is 0. The molecule has 1 aliphatic rings. The molecule has 0 radical (unpaired) electrons. The van der Waals surface area contributed by atoms with E-state index in [2.05, 4.69) is 30.9 Å². The second-order valence-electron chi connectivity index (χ2n) is 9.88. The highest BCUT2D eigenvalue weighted by atomic mass is 19.2. The summed E-state index contributed by atoms with van der Waals surface area (Å²) in [5, 5.41) is 0. The number of carbonyl (C=O) groups is 1. The van der Waals surface area contributed by atoms with Crippen LogP contribution in [0, 0.1) is 29.4 Å². The van der Waals surface area contributed by atoms with Crippen molar-refractivity contribution in [3.8, 4) is 5.75 Å². The van der Waals surface area contributed by atoms with Crippen molar-refractivity contribution in [1.29, 1.82) is 0 Å². The summed E-state index contributed by atoms with van der Waals surface area (Å²) in [6.45, 7) is 11.6. The van der Waals surface area contributed by atoms with E-state index in [1.165, 1.54) is 17.7 Å². The highest BCUT2D eigenvalue weighted by Gasteiger charge is 2.36. The van der Waals surface area contributed by atoms with E-state index in [1.807, 2.05) is 30.9 Å². The number of amides is 1. The van der Waals surface area contributed by atoms with E-state index in [4.69, 9.17) is 4.74 Å². The predicted octanol–water partition coefficient (Wildman–Crippen LogP) is 5.33. The Bertz CT molecular complexity index is 947. The van der Waals surface area contributed by atoms with Gasteiger partial charge in [-0.05, 0) is 47.2 Å². The van der Waals surface area contributed by atoms with Gasteiger partial charge in [0, 0.05) is 44.6 Å². The molecule has 3 rings (SSSR count). The molecular formula is C27H36F2N2O2. The van der Waals surface area contributed by atoms with E-state index in [0.717, 1.165) is 30.9 Å². The molecule has 2 aromatic rings. The number of benzene rings is 2. The number of ether oxygens (including phenoxy) is 1. The Labute approximate surface area is 196 Å². The first-order valence-corrected chi connectivity index (χ1v) is 11.8. The zero-order valence-electron chi connectivity index (χ0n) is 20.4. The topological polar surface area (TPSA) is 32.8 Å². The summed E-state index contributed by atoms with van der Waals surface area (Å²) in [4.78, 5) is 17.2. The van der Waals surface area contributed by atoms with E-state index >= 15 is 0 Å². The fourth-order valence-electron chi connectivity index (χ4n) is 4.76. The maximum atomic E-state index is 13.8. The molecule has 180 valence electrons. The Hall–Kier alpha value is -2.47. The summed E-state index contributed by atoms with van der Waals surface area (Å²) in [7, 11) is 1.66. The van der Waals surface area contributed by atoms with Crippen molar-refractivity contribution in [3.63, 3.8) is 0 Å². The molecule has 4 nitrogen and oxygen atoms in total. The molecule has 0 bridgehead atoms. The van der Waals surface area contributed by atoms with Crippen LogP contribution in [0.15, 0.2) is 42.5 Å². The van der Waals surface area contributed by atoms with E-state index in [9.17, 15) is 13.6 Å². The van der Waals surface area contributed by atoms with Crippen LogP contribution in [0.1, 0.15) is 44.7 Å². The highest BCUT2D eigenvalue weighted by Crippen LogP contribution is 2.36. The van der Waals surface area contributed by atoms with E-state index in [-0.39, 0.29) is 23.7 Å². The van der Waals surface area contributed by atoms with Gasteiger partial charge >= 0.3 is 0 Å². The van der Waals surface area contributed by atoms with Crippen LogP contribution in [0.4, 0.5) is 8.78 Å². The molecule has 0 saturated carbocycles. The molecule has 2 aromatic carbocycles. The van der Waals surface area contributed by atoms with Crippen LogP contribution in [0.5, 0.6) is 5.75 Å². The van der Waals surface area contributed by atoms with Gasteiger partial charge in [0.1, 0.15) is 5.75 Å². The maximum absolute atomic E-state index is 13.8. The minimum Gasteiger partial charge on any atom is -0.497 e. The number of hydrogen-bond donors (Lipinski definition) is 0. The van der Waals surface area contributed by atoms with Crippen LogP contribution >= 0.6 is 0 Å². The van der Waals surface area contributed by atoms with E-state index in [0.29, 0.717) is 19.0 Å². The third-order valence-electron chi connectivity index (χ3n) is 6.27. The highest BCUT2D eigenvalue weighted by molar-refractivity contribution is 5.78. The molecule has 6 heteroatoms. The van der Waals surface area contributed by atoms with Crippen LogP contribution in [-0.4, -0.2) is 49.0 Å². The Morgan fingerprint density at radius 1 is 1.09 bits per heavy atom. The number of halogens is 2. The first-order chi connectivity index (χ1) is 15.7. The van der Waals surface area contributed by atoms with Crippen LogP contribution in [0.25, 0.3) is 0 Å². The molecule has 0 spiro atoms. The van der Waals surface area contributed by atoms with Gasteiger partial charge in [-0.15, -0.1) is 0 Å². The summed E-state index contributed by atoms with van der Waals surface area (Å²) in [5.41, 5.74) is 1.92. The molecule has 0 unspecified atom stereocenters. The van der Waals surface area contributed by atoms with Crippen LogP contribution in [-0.2, 0) is 11.3 Å². The first kappa shape index (κ1) is 25.2. The van der Waals surface area contributed by atoms with Crippen LogP contribution < -0.4 is 4.74 Å². The minimum atomic E-state index is -0.830. The van der Waals surface area contributed by atoms with Gasteiger partial charge in [0.2, 0.25) is 5.91 Å². The summed E-state index contributed by atoms with van der Waals surface area (Å²) in [6, 6.07) is 12.2. The monoisotopic (exact) mass is 458 g/mol. The number of rotatable bonds is 9. The van der Waals surface area contributed by atoms with Crippen molar-refractivity contribution in [2.24, 2.45) is 17.8 Å². The van der Waals surface area contributed by atoms with Gasteiger partial charge < -0.3 is 9.64 Å². The first-order valence-electron chi connectivity index (χ1n) is 11.8. The summed E-state index contributed by atoms with van der Waals surface area (Å²) in [6.07, 6.45) is 0. The van der Waals surface area contributed by atoms with Crippen molar-refractivity contribution in [2.75, 3.05) is 33.3 Å². The van der Waals surface area contributed by atoms with E-state index in [1.54, 1.807) is 13.2 Å². The smallest absolute Gasteiger partial charge is 0.225 e. The van der Waals surface area contributed by atoms with Gasteiger partial charge in [-0.1, -0.05) is 45.9 Å². The van der Waals surface area contributed by atoms with Crippen molar-refractivity contribution < 1.29 is 18.3 Å².